The molecule has 0 spiro atoms. The maximum absolute atomic E-state index is 14.7. The molecule has 0 saturated carbocycles. The molecule has 254 valence electrons. The topological polar surface area (TPSA) is 89.0 Å². The number of carbonyl (C=O) groups is 3. The van der Waals surface area contributed by atoms with Crippen LogP contribution in [0.1, 0.15) is 80.6 Å². The first kappa shape index (κ1) is 34.7. The van der Waals surface area contributed by atoms with E-state index in [2.05, 4.69) is 4.98 Å². The van der Waals surface area contributed by atoms with Gasteiger partial charge >= 0.3 is 18.3 Å². The minimum Gasteiger partial charge on any atom is -0.474 e. The number of halogens is 6. The molecule has 2 aliphatic heterocycles. The number of ether oxygens (including phenoxy) is 2. The number of aromatic nitrogens is 1. The molecule has 0 unspecified atom stereocenters. The highest BCUT2D eigenvalue weighted by atomic mass is 32.1. The molecule has 2 aliphatic rings. The molecule has 0 radical (unpaired) electrons. The van der Waals surface area contributed by atoms with Crippen LogP contribution < -0.4 is 4.74 Å². The molecular weight excluding hydrogens is 672 g/mol. The van der Waals surface area contributed by atoms with Crippen LogP contribution in [0, 0.1) is 0 Å². The van der Waals surface area contributed by atoms with Gasteiger partial charge in [0.05, 0.1) is 18.2 Å². The Kier molecular flexibility index (Phi) is 9.92. The number of nitrogens with zero attached hydrogens (tertiary/aromatic N) is 3. The third-order valence-corrected chi connectivity index (χ3v) is 10.3. The van der Waals surface area contributed by atoms with Gasteiger partial charge in [-0.2, -0.15) is 26.3 Å². The molecule has 1 fully saturated rings. The second kappa shape index (κ2) is 13.5. The van der Waals surface area contributed by atoms with Crippen molar-refractivity contribution < 1.29 is 50.2 Å². The van der Waals surface area contributed by atoms with Gasteiger partial charge in [0.15, 0.2) is 0 Å². The first-order chi connectivity index (χ1) is 22.2. The third kappa shape index (κ3) is 6.98. The van der Waals surface area contributed by atoms with E-state index < -0.39 is 57.9 Å². The summed E-state index contributed by atoms with van der Waals surface area (Å²) in [5.74, 6) is -2.41. The van der Waals surface area contributed by atoms with Crippen molar-refractivity contribution in [3.05, 3.63) is 67.3 Å². The summed E-state index contributed by atoms with van der Waals surface area (Å²) in [6.07, 6.45) is -7.54. The first-order valence-corrected chi connectivity index (χ1v) is 16.6. The van der Waals surface area contributed by atoms with Crippen molar-refractivity contribution >= 4 is 40.5 Å². The van der Waals surface area contributed by atoms with Gasteiger partial charge < -0.3 is 19.3 Å². The van der Waals surface area contributed by atoms with Crippen molar-refractivity contribution in [3.8, 4) is 5.75 Å². The van der Waals surface area contributed by atoms with E-state index in [1.807, 2.05) is 0 Å². The smallest absolute Gasteiger partial charge is 0.425 e. The second-order valence-electron chi connectivity index (χ2n) is 11.2. The number of amides is 2. The SMILES string of the molecule is CCC[C@H]1N(C(=O)c2ncccc2C(F)(F)F)CCC[C@@]1(Oc1csc(C(F)(F)F)c1)C(=O)N1CCc2sc(C(=O)OCC)cc2C1. The normalized spacial score (nSPS) is 20.1. The Balaban J connectivity index is 1.56. The fourth-order valence-electron chi connectivity index (χ4n) is 6.15. The van der Waals surface area contributed by atoms with Crippen LogP contribution in [0.2, 0.25) is 0 Å². The van der Waals surface area contributed by atoms with E-state index in [-0.39, 0.29) is 51.3 Å². The molecule has 0 N–H and O–H groups in total. The number of hydrogen-bond acceptors (Lipinski definition) is 8. The van der Waals surface area contributed by atoms with E-state index in [4.69, 9.17) is 9.47 Å². The Bertz CT molecular complexity index is 1640. The molecule has 5 heterocycles. The maximum atomic E-state index is 14.7. The van der Waals surface area contributed by atoms with Crippen LogP contribution in [0.3, 0.4) is 0 Å². The van der Waals surface area contributed by atoms with Gasteiger partial charge in [-0.25, -0.2) is 4.79 Å². The van der Waals surface area contributed by atoms with Crippen molar-refractivity contribution in [2.45, 2.75) is 76.5 Å². The van der Waals surface area contributed by atoms with Gasteiger partial charge in [0.2, 0.25) is 5.60 Å². The van der Waals surface area contributed by atoms with Gasteiger partial charge in [0.25, 0.3) is 11.8 Å². The zero-order valence-electron chi connectivity index (χ0n) is 25.4. The summed E-state index contributed by atoms with van der Waals surface area (Å²) in [5, 5.41) is 1.13. The van der Waals surface area contributed by atoms with Gasteiger partial charge in [0, 0.05) is 48.6 Å². The predicted molar refractivity (Wildman–Crippen MR) is 160 cm³/mol. The molecule has 0 bridgehead atoms. The van der Waals surface area contributed by atoms with Crippen LogP contribution >= 0.6 is 22.7 Å². The Morgan fingerprint density at radius 3 is 2.51 bits per heavy atom. The average Bonchev–Trinajstić information content (AvgIpc) is 3.68. The van der Waals surface area contributed by atoms with Gasteiger partial charge in [0.1, 0.15) is 21.2 Å². The van der Waals surface area contributed by atoms with E-state index in [1.54, 1.807) is 19.9 Å². The molecule has 1 saturated heterocycles. The van der Waals surface area contributed by atoms with Crippen LogP contribution in [0.25, 0.3) is 0 Å². The van der Waals surface area contributed by atoms with Crippen molar-refractivity contribution in [2.75, 3.05) is 19.7 Å². The monoisotopic (exact) mass is 703 g/mol. The molecule has 0 aliphatic carbocycles. The van der Waals surface area contributed by atoms with Crippen LogP contribution in [0.15, 0.2) is 35.8 Å². The lowest BCUT2D eigenvalue weighted by Crippen LogP contribution is -2.68. The molecule has 8 nitrogen and oxygen atoms in total. The first-order valence-electron chi connectivity index (χ1n) is 15.0. The Labute approximate surface area is 274 Å². The molecular formula is C31H31F6N3O5S2. The highest BCUT2D eigenvalue weighted by Gasteiger charge is 2.56. The van der Waals surface area contributed by atoms with E-state index >= 15 is 0 Å². The fourth-order valence-corrected chi connectivity index (χ4v) is 7.89. The summed E-state index contributed by atoms with van der Waals surface area (Å²) in [6, 6.07) is 3.09. The molecule has 0 aromatic carbocycles. The second-order valence-corrected chi connectivity index (χ2v) is 13.2. The van der Waals surface area contributed by atoms with E-state index in [0.29, 0.717) is 34.6 Å². The highest BCUT2D eigenvalue weighted by Crippen LogP contribution is 2.43. The van der Waals surface area contributed by atoms with Crippen LogP contribution in [-0.4, -0.2) is 63.9 Å². The number of likely N-dealkylation sites (tertiary alicyclic amines) is 1. The molecule has 3 aromatic heterocycles. The number of pyridine rings is 1. The highest BCUT2D eigenvalue weighted by molar-refractivity contribution is 7.14. The standard InChI is InChI=1S/C31H31F6N3O5S2/c1-3-7-23-29(45-19-15-24(46-17-19)31(35,36)37,10-6-12-40(23)26(41)25-20(30(32,33)34)8-5-11-38-25)28(43)39-13-9-21-18(16-39)14-22(47-21)27(42)44-4-2/h5,8,11,14-15,17,23H,3-4,6-7,9-10,12-13,16H2,1-2H3/t23-,29+/m1/s1. The van der Waals surface area contributed by atoms with Gasteiger partial charge in [-0.15, -0.1) is 22.7 Å². The summed E-state index contributed by atoms with van der Waals surface area (Å²) in [5.41, 5.74) is -3.32. The molecule has 2 atom stereocenters. The number of rotatable bonds is 8. The lowest BCUT2D eigenvalue weighted by molar-refractivity contribution is -0.160. The molecule has 5 rings (SSSR count). The number of hydrogen-bond donors (Lipinski definition) is 0. The number of thiophene rings is 2. The van der Waals surface area contributed by atoms with Crippen LogP contribution in [-0.2, 0) is 34.8 Å². The molecule has 2 amide bonds. The Hall–Kier alpha value is -3.66. The number of esters is 1. The number of carbonyl (C=O) groups excluding carboxylic acids is 3. The quantitative estimate of drug-likeness (QED) is 0.182. The van der Waals surface area contributed by atoms with Crippen molar-refractivity contribution in [1.82, 2.24) is 14.8 Å². The number of fused-ring (bicyclic) bond motifs is 1. The van der Waals surface area contributed by atoms with Crippen molar-refractivity contribution in [2.24, 2.45) is 0 Å². The zero-order chi connectivity index (χ0) is 34.1. The number of piperidine rings is 1. The summed E-state index contributed by atoms with van der Waals surface area (Å²) in [6.45, 7) is 3.84. The summed E-state index contributed by atoms with van der Waals surface area (Å²) >= 11 is 1.63. The Morgan fingerprint density at radius 2 is 1.85 bits per heavy atom. The van der Waals surface area contributed by atoms with Crippen LogP contribution in [0.5, 0.6) is 5.75 Å². The fraction of sp³-hybridized carbons (Fsp3) is 0.484. The predicted octanol–water partition coefficient (Wildman–Crippen LogP) is 7.23. The van der Waals surface area contributed by atoms with Crippen LogP contribution in [0.4, 0.5) is 26.3 Å². The minimum absolute atomic E-state index is 0.00705. The lowest BCUT2D eigenvalue weighted by atomic mass is 9.79. The summed E-state index contributed by atoms with van der Waals surface area (Å²) in [4.78, 5) is 47.6. The van der Waals surface area contributed by atoms with E-state index in [9.17, 15) is 40.7 Å². The molecule has 3 aromatic rings. The maximum Gasteiger partial charge on any atom is 0.425 e. The van der Waals surface area contributed by atoms with Crippen molar-refractivity contribution in [3.63, 3.8) is 0 Å². The summed E-state index contributed by atoms with van der Waals surface area (Å²) in [7, 11) is 0. The Morgan fingerprint density at radius 1 is 1.09 bits per heavy atom. The lowest BCUT2D eigenvalue weighted by Gasteiger charge is -2.50. The van der Waals surface area contributed by atoms with E-state index in [1.165, 1.54) is 16.2 Å². The van der Waals surface area contributed by atoms with E-state index in [0.717, 1.165) is 39.6 Å². The van der Waals surface area contributed by atoms with Crippen molar-refractivity contribution in [1.29, 1.82) is 0 Å². The molecule has 16 heteroatoms. The number of alkyl halides is 6. The summed E-state index contributed by atoms with van der Waals surface area (Å²) < 4.78 is 93.9. The van der Waals surface area contributed by atoms with Gasteiger partial charge in [-0.3, -0.25) is 14.6 Å². The zero-order valence-corrected chi connectivity index (χ0v) is 27.0. The minimum atomic E-state index is -4.89. The van der Waals surface area contributed by atoms with Gasteiger partial charge in [-0.05, 0) is 49.9 Å². The molecule has 47 heavy (non-hydrogen) atoms. The average molecular weight is 704 g/mol. The third-order valence-electron chi connectivity index (χ3n) is 8.15. The largest absolute Gasteiger partial charge is 0.474 e. The van der Waals surface area contributed by atoms with Gasteiger partial charge in [-0.1, -0.05) is 13.3 Å².